The molecular weight excluding hydrogens is 185 g/mol. The number of hydrogen-bond acceptors (Lipinski definition) is 0. The van der Waals surface area contributed by atoms with Crippen molar-refractivity contribution in [2.75, 3.05) is 0 Å². The third-order valence-corrected chi connectivity index (χ3v) is 0. The third-order valence-electron chi connectivity index (χ3n) is 0. The maximum Gasteiger partial charge on any atom is 3.00 e. The molecule has 0 N–H and O–H groups in total. The van der Waals surface area contributed by atoms with Crippen molar-refractivity contribution in [3.8, 4) is 0 Å². The smallest absolute Gasteiger partial charge is 1.00 e. The summed E-state index contributed by atoms with van der Waals surface area (Å²) in [5.74, 6) is 0. The molecular formula is HCl3FeNa. The van der Waals surface area contributed by atoms with Gasteiger partial charge in [0.1, 0.15) is 0 Å². The fraction of sp³-hybridized carbons (Fsp3) is 0. The Bertz CT molecular complexity index is 10.8. The Morgan fingerprint density at radius 1 is 0.800 bits per heavy atom. The zero-order chi connectivity index (χ0) is 0. The van der Waals surface area contributed by atoms with Crippen LogP contribution < -0.4 is 66.8 Å². The van der Waals surface area contributed by atoms with Crippen LogP contribution in [0.3, 0.4) is 0 Å². The van der Waals surface area contributed by atoms with Crippen LogP contribution in [0, 0.1) is 0 Å². The molecule has 0 bridgehead atoms. The van der Waals surface area contributed by atoms with Crippen LogP contribution in [0.2, 0.25) is 0 Å². The van der Waals surface area contributed by atoms with Crippen LogP contribution in [-0.4, -0.2) is 0 Å². The van der Waals surface area contributed by atoms with Gasteiger partial charge in [0.25, 0.3) is 0 Å². The summed E-state index contributed by atoms with van der Waals surface area (Å²) in [5, 5.41) is 0. The second-order valence-corrected chi connectivity index (χ2v) is 0. The van der Waals surface area contributed by atoms with Crippen molar-refractivity contribution >= 4 is 0 Å². The van der Waals surface area contributed by atoms with E-state index in [0.717, 1.165) is 0 Å². The van der Waals surface area contributed by atoms with Crippen molar-refractivity contribution in [3.05, 3.63) is 0 Å². The van der Waals surface area contributed by atoms with Crippen LogP contribution in [0.1, 0.15) is 1.43 Å². The largest absolute Gasteiger partial charge is 3.00 e. The Morgan fingerprint density at radius 2 is 0.800 bits per heavy atom. The Labute approximate surface area is 84.3 Å². The van der Waals surface area contributed by atoms with E-state index in [1.807, 2.05) is 0 Å². The first-order valence-corrected chi connectivity index (χ1v) is 0. The summed E-state index contributed by atoms with van der Waals surface area (Å²) in [6, 6.07) is 0. The van der Waals surface area contributed by atoms with Crippen molar-refractivity contribution in [2.24, 2.45) is 0 Å². The monoisotopic (exact) mass is 185 g/mol. The minimum absolute atomic E-state index is 0. The molecule has 0 aliphatic rings. The van der Waals surface area contributed by atoms with E-state index in [4.69, 9.17) is 0 Å². The summed E-state index contributed by atoms with van der Waals surface area (Å²) in [6.45, 7) is 0. The molecule has 0 saturated heterocycles. The van der Waals surface area contributed by atoms with Crippen LogP contribution in [-0.2, 0) is 17.1 Å². The predicted octanol–water partition coefficient (Wildman–Crippen LogP) is -11.9. The first-order valence-electron chi connectivity index (χ1n) is 0. The van der Waals surface area contributed by atoms with Gasteiger partial charge in [-0.15, -0.1) is 0 Å². The quantitative estimate of drug-likeness (QED) is 0.330. The summed E-state index contributed by atoms with van der Waals surface area (Å²) in [6.07, 6.45) is 0. The minimum Gasteiger partial charge on any atom is -1.00 e. The molecule has 0 nitrogen and oxygen atoms in total. The van der Waals surface area contributed by atoms with Crippen LogP contribution in [0.5, 0.6) is 0 Å². The third kappa shape index (κ3) is 21.6. The van der Waals surface area contributed by atoms with Gasteiger partial charge in [0, 0.05) is 0 Å². The molecule has 1 radical (unpaired) electrons. The number of hydrogen-bond donors (Lipinski definition) is 0. The van der Waals surface area contributed by atoms with Gasteiger partial charge in [-0.05, 0) is 0 Å². The molecule has 0 aliphatic heterocycles. The van der Waals surface area contributed by atoms with E-state index < -0.39 is 0 Å². The summed E-state index contributed by atoms with van der Waals surface area (Å²) in [7, 11) is 0. The van der Waals surface area contributed by atoms with Crippen molar-refractivity contribution < 1.29 is 85.3 Å². The van der Waals surface area contributed by atoms with Gasteiger partial charge in [-0.1, -0.05) is 0 Å². The minimum atomic E-state index is 0. The molecule has 0 unspecified atom stereocenters. The summed E-state index contributed by atoms with van der Waals surface area (Å²) in [4.78, 5) is 0. The molecule has 0 aromatic rings. The molecule has 0 aromatic heterocycles. The first kappa shape index (κ1) is 52.8. The van der Waals surface area contributed by atoms with Gasteiger partial charge in [0.2, 0.25) is 0 Å². The molecule has 0 saturated carbocycles. The molecule has 0 atom stereocenters. The zero-order valence-corrected chi connectivity index (χ0v) is 7.86. The maximum atomic E-state index is 0. The van der Waals surface area contributed by atoms with E-state index >= 15 is 0 Å². The van der Waals surface area contributed by atoms with E-state index in [-0.39, 0.29) is 85.3 Å². The van der Waals surface area contributed by atoms with E-state index in [0.29, 0.717) is 0 Å². The second kappa shape index (κ2) is 32.5. The number of halogens is 3. The maximum absolute atomic E-state index is 0. The van der Waals surface area contributed by atoms with Crippen LogP contribution >= 0.6 is 0 Å². The molecule has 5 heavy (non-hydrogen) atoms. The van der Waals surface area contributed by atoms with Gasteiger partial charge in [0.05, 0.1) is 0 Å². The summed E-state index contributed by atoms with van der Waals surface area (Å²) >= 11 is 0. The van der Waals surface area contributed by atoms with Crippen LogP contribution in [0.25, 0.3) is 0 Å². The Balaban J connectivity index is 0. The van der Waals surface area contributed by atoms with Crippen molar-refractivity contribution in [1.82, 2.24) is 0 Å². The van der Waals surface area contributed by atoms with Gasteiger partial charge in [0.15, 0.2) is 0 Å². The Morgan fingerprint density at radius 3 is 0.800 bits per heavy atom. The molecule has 0 spiro atoms. The van der Waals surface area contributed by atoms with E-state index in [2.05, 4.69) is 0 Å². The van der Waals surface area contributed by atoms with E-state index in [1.165, 1.54) is 0 Å². The molecule has 0 heterocycles. The molecule has 5 heteroatoms. The summed E-state index contributed by atoms with van der Waals surface area (Å²) in [5.41, 5.74) is 0. The molecule has 0 fully saturated rings. The zero-order valence-electron chi connectivity index (χ0n) is 3.49. The normalized spacial score (nSPS) is 0. The molecule has 0 amide bonds. The predicted molar refractivity (Wildman–Crippen MR) is 1.11 cm³/mol. The van der Waals surface area contributed by atoms with Crippen molar-refractivity contribution in [3.63, 3.8) is 0 Å². The van der Waals surface area contributed by atoms with Gasteiger partial charge < -0.3 is 38.6 Å². The van der Waals surface area contributed by atoms with Gasteiger partial charge in [-0.25, -0.2) is 0 Å². The van der Waals surface area contributed by atoms with Gasteiger partial charge >= 0.3 is 46.6 Å². The Hall–Kier alpha value is 2.39. The van der Waals surface area contributed by atoms with Crippen LogP contribution in [0.15, 0.2) is 0 Å². The standard InChI is InChI=1S/3ClH.Fe.Na.H/h3*1H;;;/q;;;+3;+1;-1/p-3. The van der Waals surface area contributed by atoms with Gasteiger partial charge in [-0.2, -0.15) is 0 Å². The SMILES string of the molecule is [Cl-].[Cl-].[Cl-].[Fe+3].[H-].[Na+]. The van der Waals surface area contributed by atoms with E-state index in [9.17, 15) is 0 Å². The van der Waals surface area contributed by atoms with Gasteiger partial charge in [-0.3, -0.25) is 0 Å². The fourth-order valence-electron chi connectivity index (χ4n) is 0. The van der Waals surface area contributed by atoms with E-state index in [1.54, 1.807) is 0 Å². The van der Waals surface area contributed by atoms with Crippen LogP contribution in [0.4, 0.5) is 0 Å². The van der Waals surface area contributed by atoms with Crippen molar-refractivity contribution in [1.29, 1.82) is 0 Å². The molecule has 0 aromatic carbocycles. The average molecular weight is 186 g/mol. The molecule has 0 rings (SSSR count). The number of rotatable bonds is 0. The first-order chi connectivity index (χ1) is 0. The fourth-order valence-corrected chi connectivity index (χ4v) is 0. The topological polar surface area (TPSA) is 0 Å². The molecule has 0 aliphatic carbocycles. The van der Waals surface area contributed by atoms with Crippen molar-refractivity contribution in [2.45, 2.75) is 0 Å². The average Bonchev–Trinajstić information content (AvgIpc) is 0. The second-order valence-electron chi connectivity index (χ2n) is 0. The summed E-state index contributed by atoms with van der Waals surface area (Å²) < 4.78 is 0. The molecule has 31 valence electrons. The Kier molecular flexibility index (Phi) is 343.